The van der Waals surface area contributed by atoms with Crippen LogP contribution in [-0.4, -0.2) is 23.7 Å². The van der Waals surface area contributed by atoms with Crippen molar-refractivity contribution in [2.75, 3.05) is 6.54 Å². The van der Waals surface area contributed by atoms with Gasteiger partial charge in [0.2, 0.25) is 0 Å². The maximum absolute atomic E-state index is 12.9. The molecule has 4 heteroatoms. The molecule has 0 aliphatic heterocycles. The van der Waals surface area contributed by atoms with E-state index in [1.807, 2.05) is 20.8 Å². The molecule has 1 unspecified atom stereocenters. The summed E-state index contributed by atoms with van der Waals surface area (Å²) in [6.07, 6.45) is -0.00122. The predicted octanol–water partition coefficient (Wildman–Crippen LogP) is 2.35. The largest absolute Gasteiger partial charge is 0.391 e. The van der Waals surface area contributed by atoms with Gasteiger partial charge < -0.3 is 10.4 Å². The minimum atomic E-state index is -0.595. The monoisotopic (exact) mass is 253 g/mol. The van der Waals surface area contributed by atoms with Crippen molar-refractivity contribution in [1.29, 1.82) is 0 Å². The summed E-state index contributed by atoms with van der Waals surface area (Å²) in [7, 11) is 0. The third kappa shape index (κ3) is 5.27. The van der Waals surface area contributed by atoms with Gasteiger partial charge in [0.05, 0.1) is 6.10 Å². The van der Waals surface area contributed by atoms with Crippen LogP contribution in [0.1, 0.15) is 37.6 Å². The molecule has 0 saturated heterocycles. The summed E-state index contributed by atoms with van der Waals surface area (Å²) in [5.74, 6) is -0.819. The van der Waals surface area contributed by atoms with E-state index in [-0.39, 0.29) is 23.4 Å². The molecule has 1 aromatic carbocycles. The van der Waals surface area contributed by atoms with E-state index >= 15 is 0 Å². The number of rotatable bonds is 4. The van der Waals surface area contributed by atoms with Gasteiger partial charge in [-0.1, -0.05) is 26.8 Å². The topological polar surface area (TPSA) is 49.3 Å². The summed E-state index contributed by atoms with van der Waals surface area (Å²) in [6.45, 7) is 6.23. The Morgan fingerprint density at radius 2 is 2.11 bits per heavy atom. The Bertz CT molecular complexity index is 413. The van der Waals surface area contributed by atoms with Crippen LogP contribution in [0.25, 0.3) is 0 Å². The molecule has 0 spiro atoms. The normalized spacial score (nSPS) is 13.2. The molecule has 1 aromatic rings. The van der Waals surface area contributed by atoms with Crippen LogP contribution < -0.4 is 5.32 Å². The lowest BCUT2D eigenvalue weighted by Gasteiger charge is -2.22. The van der Waals surface area contributed by atoms with E-state index in [1.165, 1.54) is 24.3 Å². The van der Waals surface area contributed by atoms with E-state index in [1.54, 1.807) is 0 Å². The summed E-state index contributed by atoms with van der Waals surface area (Å²) in [5, 5.41) is 12.3. The van der Waals surface area contributed by atoms with Gasteiger partial charge in [0.1, 0.15) is 5.82 Å². The number of aliphatic hydroxyl groups excluding tert-OH is 1. The highest BCUT2D eigenvalue weighted by Gasteiger charge is 2.17. The fourth-order valence-corrected chi connectivity index (χ4v) is 1.72. The van der Waals surface area contributed by atoms with Crippen LogP contribution in [0.2, 0.25) is 0 Å². The van der Waals surface area contributed by atoms with Crippen LogP contribution in [0.5, 0.6) is 0 Å². The number of aliphatic hydroxyl groups is 1. The second kappa shape index (κ2) is 5.96. The number of benzene rings is 1. The van der Waals surface area contributed by atoms with Gasteiger partial charge in [-0.2, -0.15) is 0 Å². The first-order chi connectivity index (χ1) is 8.28. The lowest BCUT2D eigenvalue weighted by molar-refractivity contribution is 0.0868. The summed E-state index contributed by atoms with van der Waals surface area (Å²) in [5.41, 5.74) is 0.265. The zero-order valence-corrected chi connectivity index (χ0v) is 11.0. The van der Waals surface area contributed by atoms with Gasteiger partial charge in [-0.05, 0) is 30.0 Å². The van der Waals surface area contributed by atoms with Gasteiger partial charge >= 0.3 is 0 Å². The fourth-order valence-electron chi connectivity index (χ4n) is 1.72. The molecule has 1 atom stereocenters. The second-order valence-electron chi connectivity index (χ2n) is 5.64. The van der Waals surface area contributed by atoms with Crippen molar-refractivity contribution in [1.82, 2.24) is 5.32 Å². The van der Waals surface area contributed by atoms with Gasteiger partial charge in [0.25, 0.3) is 5.91 Å². The first kappa shape index (κ1) is 14.6. The van der Waals surface area contributed by atoms with E-state index in [0.29, 0.717) is 6.42 Å². The van der Waals surface area contributed by atoms with Crippen molar-refractivity contribution in [2.24, 2.45) is 5.41 Å². The Morgan fingerprint density at radius 3 is 2.67 bits per heavy atom. The second-order valence-corrected chi connectivity index (χ2v) is 5.64. The Balaban J connectivity index is 2.47. The number of halogens is 1. The third-order valence-corrected chi connectivity index (χ3v) is 2.43. The van der Waals surface area contributed by atoms with Crippen molar-refractivity contribution in [3.63, 3.8) is 0 Å². The van der Waals surface area contributed by atoms with Gasteiger partial charge in [0, 0.05) is 12.1 Å². The van der Waals surface area contributed by atoms with Crippen LogP contribution in [0, 0.1) is 11.2 Å². The maximum atomic E-state index is 12.9. The Hall–Kier alpha value is -1.42. The highest BCUT2D eigenvalue weighted by Crippen LogP contribution is 2.20. The van der Waals surface area contributed by atoms with Crippen molar-refractivity contribution in [2.45, 2.75) is 33.3 Å². The number of amides is 1. The lowest BCUT2D eigenvalue weighted by Crippen LogP contribution is -2.34. The van der Waals surface area contributed by atoms with Crippen LogP contribution in [0.4, 0.5) is 4.39 Å². The van der Waals surface area contributed by atoms with Gasteiger partial charge in [0.15, 0.2) is 0 Å². The lowest BCUT2D eigenvalue weighted by atomic mass is 9.89. The van der Waals surface area contributed by atoms with Crippen molar-refractivity contribution < 1.29 is 14.3 Å². The number of carbonyl (C=O) groups is 1. The quantitative estimate of drug-likeness (QED) is 0.865. The van der Waals surface area contributed by atoms with Crippen LogP contribution in [-0.2, 0) is 0 Å². The molecule has 0 aliphatic rings. The number of carbonyl (C=O) groups excluding carboxylic acids is 1. The number of hydrogen-bond donors (Lipinski definition) is 2. The van der Waals surface area contributed by atoms with Crippen molar-refractivity contribution >= 4 is 5.91 Å². The number of nitrogens with one attached hydrogen (secondary N) is 1. The first-order valence-corrected chi connectivity index (χ1v) is 6.00. The third-order valence-electron chi connectivity index (χ3n) is 2.43. The standard InChI is InChI=1S/C14H20FNO2/c1-14(2,3)8-12(17)9-16-13(18)10-5-4-6-11(15)7-10/h4-7,12,17H,8-9H2,1-3H3,(H,16,18). The Morgan fingerprint density at radius 1 is 1.44 bits per heavy atom. The summed E-state index contributed by atoms with van der Waals surface area (Å²) >= 11 is 0. The Labute approximate surface area is 107 Å². The molecular weight excluding hydrogens is 233 g/mol. The van der Waals surface area contributed by atoms with Gasteiger partial charge in [-0.3, -0.25) is 4.79 Å². The molecule has 0 radical (unpaired) electrons. The smallest absolute Gasteiger partial charge is 0.251 e. The molecule has 3 nitrogen and oxygen atoms in total. The average Bonchev–Trinajstić information content (AvgIpc) is 2.23. The molecule has 1 rings (SSSR count). The van der Waals surface area contributed by atoms with E-state index in [2.05, 4.69) is 5.32 Å². The molecule has 0 fully saturated rings. The molecule has 0 heterocycles. The molecule has 18 heavy (non-hydrogen) atoms. The highest BCUT2D eigenvalue weighted by molar-refractivity contribution is 5.94. The molecule has 0 aromatic heterocycles. The van der Waals surface area contributed by atoms with E-state index < -0.39 is 11.9 Å². The molecular formula is C14H20FNO2. The first-order valence-electron chi connectivity index (χ1n) is 6.00. The van der Waals surface area contributed by atoms with Gasteiger partial charge in [-0.25, -0.2) is 4.39 Å². The summed E-state index contributed by atoms with van der Waals surface area (Å²) < 4.78 is 12.9. The average molecular weight is 253 g/mol. The van der Waals surface area contributed by atoms with E-state index in [0.717, 1.165) is 0 Å². The van der Waals surface area contributed by atoms with Gasteiger partial charge in [-0.15, -0.1) is 0 Å². The zero-order chi connectivity index (χ0) is 13.8. The van der Waals surface area contributed by atoms with Crippen molar-refractivity contribution in [3.05, 3.63) is 35.6 Å². The Kier molecular flexibility index (Phi) is 4.84. The van der Waals surface area contributed by atoms with Crippen LogP contribution in [0.3, 0.4) is 0 Å². The molecule has 0 aliphatic carbocycles. The van der Waals surface area contributed by atoms with Crippen molar-refractivity contribution in [3.8, 4) is 0 Å². The van der Waals surface area contributed by atoms with E-state index in [4.69, 9.17) is 0 Å². The molecule has 0 saturated carbocycles. The summed E-state index contributed by atoms with van der Waals surface area (Å²) in [4.78, 5) is 11.7. The molecule has 0 bridgehead atoms. The zero-order valence-electron chi connectivity index (χ0n) is 11.0. The predicted molar refractivity (Wildman–Crippen MR) is 68.8 cm³/mol. The highest BCUT2D eigenvalue weighted by atomic mass is 19.1. The maximum Gasteiger partial charge on any atom is 0.251 e. The molecule has 1 amide bonds. The molecule has 2 N–H and O–H groups in total. The number of hydrogen-bond acceptors (Lipinski definition) is 2. The van der Waals surface area contributed by atoms with Crippen LogP contribution >= 0.6 is 0 Å². The van der Waals surface area contributed by atoms with E-state index in [9.17, 15) is 14.3 Å². The SMILES string of the molecule is CC(C)(C)CC(O)CNC(=O)c1cccc(F)c1. The summed E-state index contributed by atoms with van der Waals surface area (Å²) in [6, 6.07) is 5.47. The minimum Gasteiger partial charge on any atom is -0.391 e. The molecule has 100 valence electrons. The fraction of sp³-hybridized carbons (Fsp3) is 0.500. The minimum absolute atomic E-state index is 0.00298. The van der Waals surface area contributed by atoms with Crippen LogP contribution in [0.15, 0.2) is 24.3 Å².